The highest BCUT2D eigenvalue weighted by molar-refractivity contribution is 9.10. The lowest BCUT2D eigenvalue weighted by atomic mass is 10.2. The lowest BCUT2D eigenvalue weighted by molar-refractivity contribution is 0.102. The van der Waals surface area contributed by atoms with Gasteiger partial charge in [-0.15, -0.1) is 0 Å². The van der Waals surface area contributed by atoms with E-state index in [9.17, 15) is 4.79 Å². The number of rotatable bonds is 2. The normalized spacial score (nSPS) is 9.74. The van der Waals surface area contributed by atoms with Gasteiger partial charge in [0.1, 0.15) is 10.7 Å². The van der Waals surface area contributed by atoms with Crippen molar-refractivity contribution in [2.75, 3.05) is 5.32 Å². The third-order valence-electron chi connectivity index (χ3n) is 2.35. The van der Waals surface area contributed by atoms with E-state index in [0.717, 1.165) is 0 Å². The number of pyridine rings is 1. The summed E-state index contributed by atoms with van der Waals surface area (Å²) in [4.78, 5) is 16.0. The third kappa shape index (κ3) is 3.11. The molecule has 0 atom stereocenters. The maximum Gasteiger partial charge on any atom is 0.258 e. The molecule has 0 radical (unpaired) electrons. The molecule has 0 aliphatic heterocycles. The zero-order chi connectivity index (χ0) is 13.8. The largest absolute Gasteiger partial charge is 0.321 e. The van der Waals surface area contributed by atoms with E-state index < -0.39 is 0 Å². The van der Waals surface area contributed by atoms with Gasteiger partial charge in [-0.1, -0.05) is 11.6 Å². The zero-order valence-electron chi connectivity index (χ0n) is 9.52. The fraction of sp³-hybridized carbons (Fsp3) is 0. The summed E-state index contributed by atoms with van der Waals surface area (Å²) in [7, 11) is 0. The molecule has 0 saturated heterocycles. The first-order valence-electron chi connectivity index (χ1n) is 5.23. The summed E-state index contributed by atoms with van der Waals surface area (Å²) in [5, 5.41) is 12.1. The molecule has 0 fully saturated rings. The Hall–Kier alpha value is -1.90. The van der Waals surface area contributed by atoms with Crippen LogP contribution in [0.4, 0.5) is 5.69 Å². The minimum atomic E-state index is -0.362. The highest BCUT2D eigenvalue weighted by atomic mass is 79.9. The van der Waals surface area contributed by atoms with Crippen molar-refractivity contribution in [1.29, 1.82) is 5.26 Å². The van der Waals surface area contributed by atoms with Crippen LogP contribution in [0.2, 0.25) is 5.02 Å². The van der Waals surface area contributed by atoms with Crippen LogP contribution in [0.1, 0.15) is 15.9 Å². The number of benzene rings is 1. The molecule has 0 unspecified atom stereocenters. The van der Waals surface area contributed by atoms with E-state index in [-0.39, 0.29) is 5.91 Å². The smallest absolute Gasteiger partial charge is 0.258 e. The minimum Gasteiger partial charge on any atom is -0.321 e. The van der Waals surface area contributed by atoms with Crippen molar-refractivity contribution in [3.8, 4) is 6.07 Å². The van der Waals surface area contributed by atoms with Gasteiger partial charge in [-0.3, -0.25) is 4.79 Å². The Balaban J connectivity index is 2.32. The van der Waals surface area contributed by atoms with E-state index in [2.05, 4.69) is 26.2 Å². The summed E-state index contributed by atoms with van der Waals surface area (Å²) in [6, 6.07) is 9.95. The lowest BCUT2D eigenvalue weighted by Gasteiger charge is -2.08. The summed E-state index contributed by atoms with van der Waals surface area (Å²) in [5.41, 5.74) is 1.10. The summed E-state index contributed by atoms with van der Waals surface area (Å²) in [5.74, 6) is -0.362. The first-order chi connectivity index (χ1) is 9.11. The second-order valence-corrected chi connectivity index (χ2v) is 4.79. The van der Waals surface area contributed by atoms with Gasteiger partial charge in [0.05, 0.1) is 16.8 Å². The molecule has 4 nitrogen and oxygen atoms in total. The van der Waals surface area contributed by atoms with Gasteiger partial charge in [-0.25, -0.2) is 4.98 Å². The van der Waals surface area contributed by atoms with Crippen LogP contribution in [0.5, 0.6) is 0 Å². The predicted octanol–water partition coefficient (Wildman–Crippen LogP) is 3.62. The van der Waals surface area contributed by atoms with E-state index in [4.69, 9.17) is 16.9 Å². The topological polar surface area (TPSA) is 65.8 Å². The van der Waals surface area contributed by atoms with Crippen LogP contribution in [0.25, 0.3) is 0 Å². The summed E-state index contributed by atoms with van der Waals surface area (Å²) in [6.07, 6.45) is 1.57. The number of amides is 1. The van der Waals surface area contributed by atoms with Crippen molar-refractivity contribution >= 4 is 39.1 Å². The lowest BCUT2D eigenvalue weighted by Crippen LogP contribution is -2.14. The van der Waals surface area contributed by atoms with Crippen LogP contribution < -0.4 is 5.32 Å². The molecule has 6 heteroatoms. The van der Waals surface area contributed by atoms with Gasteiger partial charge in [0.25, 0.3) is 5.91 Å². The Morgan fingerprint density at radius 2 is 2.21 bits per heavy atom. The Labute approximate surface area is 123 Å². The van der Waals surface area contributed by atoms with Gasteiger partial charge in [0, 0.05) is 11.2 Å². The number of carbonyl (C=O) groups excluding carboxylic acids is 1. The number of carbonyl (C=O) groups is 1. The quantitative estimate of drug-likeness (QED) is 0.852. The Morgan fingerprint density at radius 3 is 2.89 bits per heavy atom. The number of nitrogens with zero attached hydrogens (tertiary/aromatic N) is 2. The van der Waals surface area contributed by atoms with Gasteiger partial charge in [0.2, 0.25) is 0 Å². The molecule has 1 amide bonds. The standard InChI is InChI=1S/C13H7BrClN3O/c14-12-10(2-1-5-17-12)13(19)18-11-6-9(15)4-3-8(11)7-16/h1-6H,(H,18,19). The Morgan fingerprint density at radius 1 is 1.42 bits per heavy atom. The molecule has 1 aromatic heterocycles. The maximum atomic E-state index is 12.1. The Kier molecular flexibility index (Phi) is 4.15. The van der Waals surface area contributed by atoms with Gasteiger partial charge >= 0.3 is 0 Å². The van der Waals surface area contributed by atoms with Gasteiger partial charge in [-0.2, -0.15) is 5.26 Å². The van der Waals surface area contributed by atoms with Crippen LogP contribution in [0, 0.1) is 11.3 Å². The van der Waals surface area contributed by atoms with Crippen LogP contribution in [0.3, 0.4) is 0 Å². The summed E-state index contributed by atoms with van der Waals surface area (Å²) in [6.45, 7) is 0. The molecule has 0 spiro atoms. The molecule has 1 N–H and O–H groups in total. The van der Waals surface area contributed by atoms with E-state index >= 15 is 0 Å². The van der Waals surface area contributed by atoms with E-state index in [1.54, 1.807) is 30.5 Å². The average Bonchev–Trinajstić information content (AvgIpc) is 2.39. The molecule has 94 valence electrons. The summed E-state index contributed by atoms with van der Waals surface area (Å²) < 4.78 is 0.438. The molecular formula is C13H7BrClN3O. The molecular weight excluding hydrogens is 330 g/mol. The number of hydrogen-bond acceptors (Lipinski definition) is 3. The average molecular weight is 337 g/mol. The minimum absolute atomic E-state index is 0.345. The Bertz CT molecular complexity index is 682. The monoisotopic (exact) mass is 335 g/mol. The predicted molar refractivity (Wildman–Crippen MR) is 76.1 cm³/mol. The number of anilines is 1. The van der Waals surface area contributed by atoms with Crippen LogP contribution >= 0.6 is 27.5 Å². The van der Waals surface area contributed by atoms with Gasteiger partial charge < -0.3 is 5.32 Å². The molecule has 0 saturated carbocycles. The third-order valence-corrected chi connectivity index (χ3v) is 3.22. The van der Waals surface area contributed by atoms with E-state index in [1.807, 2.05) is 6.07 Å². The molecule has 19 heavy (non-hydrogen) atoms. The molecule has 0 bridgehead atoms. The highest BCUT2D eigenvalue weighted by Gasteiger charge is 2.12. The van der Waals surface area contributed by atoms with Crippen molar-refractivity contribution in [2.45, 2.75) is 0 Å². The second kappa shape index (κ2) is 5.83. The number of nitrogens with one attached hydrogen (secondary N) is 1. The van der Waals surface area contributed by atoms with Gasteiger partial charge in [0.15, 0.2) is 0 Å². The molecule has 1 aromatic carbocycles. The maximum absolute atomic E-state index is 12.1. The molecule has 2 aromatic rings. The first kappa shape index (κ1) is 13.5. The first-order valence-corrected chi connectivity index (χ1v) is 6.40. The molecule has 0 aliphatic rings. The van der Waals surface area contributed by atoms with Crippen LogP contribution in [0.15, 0.2) is 41.1 Å². The summed E-state index contributed by atoms with van der Waals surface area (Å²) >= 11 is 9.05. The van der Waals surface area contributed by atoms with Crippen molar-refractivity contribution in [3.05, 3.63) is 57.3 Å². The van der Waals surface area contributed by atoms with Crippen molar-refractivity contribution in [1.82, 2.24) is 4.98 Å². The number of hydrogen-bond donors (Lipinski definition) is 1. The fourth-order valence-corrected chi connectivity index (χ4v) is 2.06. The molecule has 1 heterocycles. The molecule has 2 rings (SSSR count). The van der Waals surface area contributed by atoms with Crippen molar-refractivity contribution in [2.24, 2.45) is 0 Å². The fourth-order valence-electron chi connectivity index (χ4n) is 1.46. The van der Waals surface area contributed by atoms with Gasteiger partial charge in [-0.05, 0) is 46.3 Å². The molecule has 0 aliphatic carbocycles. The number of aromatic nitrogens is 1. The SMILES string of the molecule is N#Cc1ccc(Cl)cc1NC(=O)c1cccnc1Br. The number of nitriles is 1. The van der Waals surface area contributed by atoms with Crippen LogP contribution in [-0.4, -0.2) is 10.9 Å². The van der Waals surface area contributed by atoms with Crippen molar-refractivity contribution in [3.63, 3.8) is 0 Å². The van der Waals surface area contributed by atoms with Crippen LogP contribution in [-0.2, 0) is 0 Å². The van der Waals surface area contributed by atoms with E-state index in [1.165, 1.54) is 6.07 Å². The number of halogens is 2. The van der Waals surface area contributed by atoms with Crippen molar-refractivity contribution < 1.29 is 4.79 Å². The van der Waals surface area contributed by atoms with E-state index in [0.29, 0.717) is 26.4 Å². The highest BCUT2D eigenvalue weighted by Crippen LogP contribution is 2.22. The second-order valence-electron chi connectivity index (χ2n) is 3.60. The zero-order valence-corrected chi connectivity index (χ0v) is 11.9.